The van der Waals surface area contributed by atoms with Crippen LogP contribution in [0.1, 0.15) is 70.7 Å². The van der Waals surface area contributed by atoms with Crippen molar-refractivity contribution in [2.45, 2.75) is 67.0 Å². The summed E-state index contributed by atoms with van der Waals surface area (Å²) in [6, 6.07) is 10.4. The van der Waals surface area contributed by atoms with Crippen LogP contribution >= 0.6 is 0 Å². The Hall–Kier alpha value is -3.43. The van der Waals surface area contributed by atoms with Gasteiger partial charge in [0.1, 0.15) is 0 Å². The van der Waals surface area contributed by atoms with Gasteiger partial charge in [0.05, 0.1) is 11.1 Å². The maximum Gasteiger partial charge on any atom is 0.513 e. The van der Waals surface area contributed by atoms with Crippen LogP contribution in [0, 0.1) is 27.7 Å². The molecule has 0 spiro atoms. The Bertz CT molecular complexity index is 987. The lowest BCUT2D eigenvalue weighted by Gasteiger charge is -2.26. The van der Waals surface area contributed by atoms with Crippen LogP contribution < -0.4 is 0 Å². The minimum Gasteiger partial charge on any atom is -0.398 e. The topological polar surface area (TPSA) is 107 Å². The highest BCUT2D eigenvalue weighted by Gasteiger charge is 2.34. The summed E-state index contributed by atoms with van der Waals surface area (Å²) in [7, 11) is 0. The molecule has 0 amide bonds. The number of rotatable bonds is 8. The van der Waals surface area contributed by atoms with E-state index in [1.165, 1.54) is 27.7 Å². The van der Waals surface area contributed by atoms with Crippen LogP contribution in [0.2, 0.25) is 0 Å². The Morgan fingerprint density at radius 2 is 0.971 bits per heavy atom. The first kappa shape index (κ1) is 26.8. The number of hydrogen-bond acceptors (Lipinski definition) is 9. The lowest BCUT2D eigenvalue weighted by molar-refractivity contribution is -0.391. The van der Waals surface area contributed by atoms with Crippen molar-refractivity contribution in [3.8, 4) is 0 Å². The maximum absolute atomic E-state index is 12.3. The molecule has 0 unspecified atom stereocenters. The minimum absolute atomic E-state index is 0.309. The van der Waals surface area contributed by atoms with Gasteiger partial charge in [-0.15, -0.1) is 9.78 Å². The number of ether oxygens (including phenoxy) is 2. The molecule has 0 saturated heterocycles. The summed E-state index contributed by atoms with van der Waals surface area (Å²) in [5.41, 5.74) is 4.02. The molecule has 2 aromatic rings. The Morgan fingerprint density at radius 1 is 0.618 bits per heavy atom. The molecule has 0 N–H and O–H groups in total. The normalized spacial score (nSPS) is 11.5. The molecule has 184 valence electrons. The minimum atomic E-state index is -1.68. The van der Waals surface area contributed by atoms with E-state index in [-0.39, 0.29) is 0 Å². The molecule has 0 heterocycles. The van der Waals surface area contributed by atoms with Gasteiger partial charge >= 0.3 is 18.1 Å². The highest BCUT2D eigenvalue weighted by molar-refractivity contribution is 5.91. The SMILES string of the molecule is Cc1ccc(C(=O)OOC(C)(C)OC(=O)OC(C)(C)OOC(=O)c2ccc(C)cc2C)c(C)c1. The Kier molecular flexibility index (Phi) is 8.41. The van der Waals surface area contributed by atoms with Crippen LogP contribution in [0.3, 0.4) is 0 Å². The number of hydrogen-bond donors (Lipinski definition) is 0. The van der Waals surface area contributed by atoms with Crippen molar-refractivity contribution < 1.29 is 43.4 Å². The third-order valence-electron chi connectivity index (χ3n) is 4.50. The average Bonchev–Trinajstić information content (AvgIpc) is 2.69. The molecule has 0 aliphatic heterocycles. The predicted molar refractivity (Wildman–Crippen MR) is 121 cm³/mol. The summed E-state index contributed by atoms with van der Waals surface area (Å²) in [6.45, 7) is 12.7. The van der Waals surface area contributed by atoms with Gasteiger partial charge in [0, 0.05) is 27.7 Å². The van der Waals surface area contributed by atoms with Gasteiger partial charge < -0.3 is 9.47 Å². The quantitative estimate of drug-likeness (QED) is 0.214. The van der Waals surface area contributed by atoms with E-state index in [0.29, 0.717) is 22.3 Å². The summed E-state index contributed by atoms with van der Waals surface area (Å²) in [4.78, 5) is 56.4. The van der Waals surface area contributed by atoms with Crippen molar-refractivity contribution in [2.24, 2.45) is 0 Å². The molecule has 2 aromatic carbocycles. The summed E-state index contributed by atoms with van der Waals surface area (Å²) in [5.74, 6) is -4.86. The van der Waals surface area contributed by atoms with E-state index >= 15 is 0 Å². The third kappa shape index (κ3) is 7.86. The van der Waals surface area contributed by atoms with Gasteiger partial charge in [-0.05, 0) is 51.0 Å². The smallest absolute Gasteiger partial charge is 0.398 e. The molecule has 0 atom stereocenters. The molecule has 0 bridgehead atoms. The second kappa shape index (κ2) is 10.7. The van der Waals surface area contributed by atoms with Crippen molar-refractivity contribution in [1.82, 2.24) is 0 Å². The lowest BCUT2D eigenvalue weighted by Crippen LogP contribution is -2.38. The van der Waals surface area contributed by atoms with Crippen molar-refractivity contribution >= 4 is 18.1 Å². The van der Waals surface area contributed by atoms with Crippen molar-refractivity contribution in [3.63, 3.8) is 0 Å². The molecule has 0 saturated carbocycles. The zero-order valence-corrected chi connectivity index (χ0v) is 20.6. The van der Waals surface area contributed by atoms with E-state index in [1.54, 1.807) is 38.1 Å². The zero-order chi connectivity index (χ0) is 25.7. The molecular formula is C25H30O9. The first-order valence-electron chi connectivity index (χ1n) is 10.6. The average molecular weight is 475 g/mol. The Labute approximate surface area is 198 Å². The van der Waals surface area contributed by atoms with E-state index in [1.807, 2.05) is 26.0 Å². The monoisotopic (exact) mass is 474 g/mol. The van der Waals surface area contributed by atoms with Gasteiger partial charge in [0.15, 0.2) is 0 Å². The molecule has 0 aromatic heterocycles. The highest BCUT2D eigenvalue weighted by atomic mass is 17.3. The molecule has 0 fully saturated rings. The number of aryl methyl sites for hydroxylation is 4. The van der Waals surface area contributed by atoms with Crippen molar-refractivity contribution in [2.75, 3.05) is 0 Å². The number of carbonyl (C=O) groups excluding carboxylic acids is 3. The summed E-state index contributed by atoms with van der Waals surface area (Å²) in [5, 5.41) is 0. The zero-order valence-electron chi connectivity index (χ0n) is 20.6. The van der Waals surface area contributed by atoms with Gasteiger partial charge in [-0.3, -0.25) is 9.78 Å². The molecule has 9 nitrogen and oxygen atoms in total. The standard InChI is InChI=1S/C25H30O9/c1-15-9-11-19(17(3)13-15)21(26)31-33-24(5,6)29-23(28)30-25(7,8)34-32-22(27)20-12-10-16(2)14-18(20)4/h9-14H,1-8H3. The van der Waals surface area contributed by atoms with Crippen molar-refractivity contribution in [3.05, 3.63) is 69.8 Å². The van der Waals surface area contributed by atoms with E-state index < -0.39 is 29.7 Å². The number of benzene rings is 2. The van der Waals surface area contributed by atoms with Crippen LogP contribution in [0.4, 0.5) is 4.79 Å². The number of carbonyl (C=O) groups is 3. The van der Waals surface area contributed by atoms with Crippen LogP contribution in [0.15, 0.2) is 36.4 Å². The van der Waals surface area contributed by atoms with Gasteiger partial charge in [-0.2, -0.15) is 0 Å². The second-order valence-electron chi connectivity index (χ2n) is 8.80. The van der Waals surface area contributed by atoms with E-state index in [0.717, 1.165) is 11.1 Å². The Morgan fingerprint density at radius 3 is 1.29 bits per heavy atom. The molecule has 0 aliphatic rings. The molecule has 0 aliphatic carbocycles. The molecular weight excluding hydrogens is 444 g/mol. The van der Waals surface area contributed by atoms with Gasteiger partial charge in [0.25, 0.3) is 11.6 Å². The fourth-order valence-electron chi connectivity index (χ4n) is 2.91. The van der Waals surface area contributed by atoms with E-state index in [2.05, 4.69) is 0 Å². The molecule has 0 radical (unpaired) electrons. The fourth-order valence-corrected chi connectivity index (χ4v) is 2.91. The van der Waals surface area contributed by atoms with E-state index in [4.69, 9.17) is 29.0 Å². The van der Waals surface area contributed by atoms with E-state index in [9.17, 15) is 14.4 Å². The van der Waals surface area contributed by atoms with Crippen LogP contribution in [0.5, 0.6) is 0 Å². The third-order valence-corrected chi connectivity index (χ3v) is 4.50. The Balaban J connectivity index is 1.87. The largest absolute Gasteiger partial charge is 0.513 e. The summed E-state index contributed by atoms with van der Waals surface area (Å²) in [6.07, 6.45) is -1.21. The van der Waals surface area contributed by atoms with Crippen LogP contribution in [-0.2, 0) is 29.0 Å². The second-order valence-corrected chi connectivity index (χ2v) is 8.80. The predicted octanol–water partition coefficient (Wildman–Crippen LogP) is 5.42. The lowest BCUT2D eigenvalue weighted by atomic mass is 10.1. The van der Waals surface area contributed by atoms with Gasteiger partial charge in [-0.1, -0.05) is 35.4 Å². The highest BCUT2D eigenvalue weighted by Crippen LogP contribution is 2.21. The summed E-state index contributed by atoms with van der Waals surface area (Å²) >= 11 is 0. The first-order chi connectivity index (χ1) is 15.7. The maximum atomic E-state index is 12.3. The molecule has 2 rings (SSSR count). The first-order valence-corrected chi connectivity index (χ1v) is 10.6. The molecule has 34 heavy (non-hydrogen) atoms. The molecule has 9 heteroatoms. The van der Waals surface area contributed by atoms with Crippen molar-refractivity contribution in [1.29, 1.82) is 0 Å². The van der Waals surface area contributed by atoms with Gasteiger partial charge in [-0.25, -0.2) is 14.4 Å². The fraction of sp³-hybridized carbons (Fsp3) is 0.400. The summed E-state index contributed by atoms with van der Waals surface area (Å²) < 4.78 is 10.1. The van der Waals surface area contributed by atoms with Crippen LogP contribution in [-0.4, -0.2) is 29.7 Å². The van der Waals surface area contributed by atoms with Gasteiger partial charge in [0.2, 0.25) is 0 Å². The van der Waals surface area contributed by atoms with Crippen LogP contribution in [0.25, 0.3) is 0 Å².